The van der Waals surface area contributed by atoms with Gasteiger partial charge >= 0.3 is 0 Å². The second kappa shape index (κ2) is 6.58. The lowest BCUT2D eigenvalue weighted by Gasteiger charge is -2.17. The van der Waals surface area contributed by atoms with Gasteiger partial charge in [-0.15, -0.1) is 11.3 Å². The van der Waals surface area contributed by atoms with Crippen molar-refractivity contribution in [3.63, 3.8) is 0 Å². The number of carbonyl (C=O) groups is 1. The van der Waals surface area contributed by atoms with Crippen molar-refractivity contribution in [3.8, 4) is 0 Å². The molecule has 6 heteroatoms. The average Bonchev–Trinajstić information content (AvgIpc) is 2.97. The first kappa shape index (κ1) is 15.3. The highest BCUT2D eigenvalue weighted by Gasteiger charge is 2.16. The predicted octanol–water partition coefficient (Wildman–Crippen LogP) is 2.67. The second-order valence-electron chi connectivity index (χ2n) is 4.97. The Morgan fingerprint density at radius 2 is 2.24 bits per heavy atom. The zero-order valence-corrected chi connectivity index (χ0v) is 13.3. The van der Waals surface area contributed by atoms with Gasteiger partial charge in [0.2, 0.25) is 0 Å². The number of amides is 1. The molecule has 2 rings (SSSR count). The highest BCUT2D eigenvalue weighted by atomic mass is 32.1. The Hall–Kier alpha value is -2.08. The van der Waals surface area contributed by atoms with Gasteiger partial charge in [-0.3, -0.25) is 4.79 Å². The van der Waals surface area contributed by atoms with Crippen LogP contribution in [0.1, 0.15) is 34.8 Å². The van der Waals surface area contributed by atoms with Crippen LogP contribution in [0, 0.1) is 0 Å². The fourth-order valence-electron chi connectivity index (χ4n) is 2.09. The predicted molar refractivity (Wildman–Crippen MR) is 87.8 cm³/mol. The molecule has 112 valence electrons. The molecule has 0 bridgehead atoms. The first-order valence-electron chi connectivity index (χ1n) is 6.80. The second-order valence-corrected chi connectivity index (χ2v) is 5.90. The Morgan fingerprint density at radius 3 is 2.76 bits per heavy atom. The van der Waals surface area contributed by atoms with Crippen LogP contribution >= 0.6 is 11.3 Å². The zero-order chi connectivity index (χ0) is 15.4. The van der Waals surface area contributed by atoms with Crippen LogP contribution in [0.3, 0.4) is 0 Å². The lowest BCUT2D eigenvalue weighted by atomic mass is 10.1. The molecule has 5 nitrogen and oxygen atoms in total. The van der Waals surface area contributed by atoms with Crippen LogP contribution in [0.5, 0.6) is 0 Å². The van der Waals surface area contributed by atoms with E-state index in [0.717, 1.165) is 17.1 Å². The van der Waals surface area contributed by atoms with Crippen LogP contribution in [-0.4, -0.2) is 25.0 Å². The SMILES string of the molecule is CCC(NC(=O)c1ccc(N(C)C)c(N)c1)c1nccs1. The fourth-order valence-corrected chi connectivity index (χ4v) is 2.86. The molecule has 1 amide bonds. The van der Waals surface area contributed by atoms with Gasteiger partial charge in [0, 0.05) is 31.2 Å². The van der Waals surface area contributed by atoms with Crippen LogP contribution in [-0.2, 0) is 0 Å². The van der Waals surface area contributed by atoms with Crippen molar-refractivity contribution in [2.45, 2.75) is 19.4 Å². The van der Waals surface area contributed by atoms with Crippen molar-refractivity contribution in [3.05, 3.63) is 40.3 Å². The number of benzene rings is 1. The molecular formula is C15H20N4OS. The normalized spacial score (nSPS) is 12.0. The third-order valence-corrected chi connectivity index (χ3v) is 4.12. The molecule has 1 aromatic carbocycles. The molecule has 0 aliphatic carbocycles. The number of anilines is 2. The number of nitrogens with one attached hydrogen (secondary N) is 1. The van der Waals surface area contributed by atoms with Crippen molar-refractivity contribution in [1.29, 1.82) is 0 Å². The molecule has 0 aliphatic rings. The van der Waals surface area contributed by atoms with Gasteiger partial charge in [0.1, 0.15) is 5.01 Å². The topological polar surface area (TPSA) is 71.2 Å². The number of nitrogens with zero attached hydrogens (tertiary/aromatic N) is 2. The maximum Gasteiger partial charge on any atom is 0.251 e. The number of rotatable bonds is 5. The summed E-state index contributed by atoms with van der Waals surface area (Å²) in [5, 5.41) is 5.83. The number of thiazole rings is 1. The summed E-state index contributed by atoms with van der Waals surface area (Å²) in [5.41, 5.74) is 8.04. The monoisotopic (exact) mass is 304 g/mol. The Balaban J connectivity index is 2.15. The van der Waals surface area contributed by atoms with Crippen molar-refractivity contribution in [2.75, 3.05) is 24.7 Å². The van der Waals surface area contributed by atoms with E-state index in [-0.39, 0.29) is 11.9 Å². The van der Waals surface area contributed by atoms with E-state index in [4.69, 9.17) is 5.73 Å². The van der Waals surface area contributed by atoms with Crippen molar-refractivity contribution < 1.29 is 4.79 Å². The van der Waals surface area contributed by atoms with Gasteiger partial charge in [-0.2, -0.15) is 0 Å². The number of hydrogen-bond acceptors (Lipinski definition) is 5. The Labute approximate surface area is 128 Å². The molecule has 0 spiro atoms. The fraction of sp³-hybridized carbons (Fsp3) is 0.333. The van der Waals surface area contributed by atoms with Crippen molar-refractivity contribution >= 4 is 28.6 Å². The minimum absolute atomic E-state index is 0.0627. The number of carbonyl (C=O) groups excluding carboxylic acids is 1. The molecule has 1 atom stereocenters. The molecule has 3 N–H and O–H groups in total. The largest absolute Gasteiger partial charge is 0.397 e. The van der Waals surface area contributed by atoms with Gasteiger partial charge in [-0.1, -0.05) is 6.92 Å². The molecule has 0 radical (unpaired) electrons. The summed E-state index contributed by atoms with van der Waals surface area (Å²) >= 11 is 1.55. The summed E-state index contributed by atoms with van der Waals surface area (Å²) in [6.07, 6.45) is 2.54. The van der Waals surface area contributed by atoms with E-state index in [1.165, 1.54) is 0 Å². The third-order valence-electron chi connectivity index (χ3n) is 3.23. The Morgan fingerprint density at radius 1 is 1.48 bits per heavy atom. The molecule has 21 heavy (non-hydrogen) atoms. The van der Waals surface area contributed by atoms with Gasteiger partial charge in [0.15, 0.2) is 0 Å². The summed E-state index contributed by atoms with van der Waals surface area (Å²) in [5.74, 6) is -0.131. The number of nitrogens with two attached hydrogens (primary N) is 1. The van der Waals surface area contributed by atoms with E-state index in [0.29, 0.717) is 11.3 Å². The van der Waals surface area contributed by atoms with Gasteiger partial charge in [0.05, 0.1) is 17.4 Å². The first-order valence-corrected chi connectivity index (χ1v) is 7.68. The van der Waals surface area contributed by atoms with Crippen LogP contribution in [0.2, 0.25) is 0 Å². The van der Waals surface area contributed by atoms with Gasteiger partial charge < -0.3 is 16.0 Å². The Kier molecular flexibility index (Phi) is 4.80. The van der Waals surface area contributed by atoms with E-state index < -0.39 is 0 Å². The van der Waals surface area contributed by atoms with E-state index in [1.54, 1.807) is 29.7 Å². The minimum Gasteiger partial charge on any atom is -0.397 e. The van der Waals surface area contributed by atoms with Gasteiger partial charge in [0.25, 0.3) is 5.91 Å². The highest BCUT2D eigenvalue weighted by molar-refractivity contribution is 7.09. The van der Waals surface area contributed by atoms with Gasteiger partial charge in [-0.05, 0) is 24.6 Å². The average molecular weight is 304 g/mol. The molecule has 0 fully saturated rings. The summed E-state index contributed by atoms with van der Waals surface area (Å²) < 4.78 is 0. The Bertz CT molecular complexity index is 610. The molecule has 0 aliphatic heterocycles. The highest BCUT2D eigenvalue weighted by Crippen LogP contribution is 2.23. The van der Waals surface area contributed by atoms with Crippen LogP contribution < -0.4 is 16.0 Å². The number of nitrogen functional groups attached to an aromatic ring is 1. The molecule has 1 unspecified atom stereocenters. The molecule has 2 aromatic rings. The summed E-state index contributed by atoms with van der Waals surface area (Å²) in [6, 6.07) is 5.29. The lowest BCUT2D eigenvalue weighted by Crippen LogP contribution is -2.28. The van der Waals surface area contributed by atoms with Crippen LogP contribution in [0.15, 0.2) is 29.8 Å². The maximum absolute atomic E-state index is 12.3. The zero-order valence-electron chi connectivity index (χ0n) is 12.5. The van der Waals surface area contributed by atoms with Crippen molar-refractivity contribution in [2.24, 2.45) is 0 Å². The standard InChI is InChI=1S/C15H20N4OS/c1-4-12(15-17-7-8-21-15)18-14(20)10-5-6-13(19(2)3)11(16)9-10/h5-9,12H,4,16H2,1-3H3,(H,18,20). The molecule has 1 heterocycles. The maximum atomic E-state index is 12.3. The molecule has 0 saturated heterocycles. The first-order chi connectivity index (χ1) is 10.0. The van der Waals surface area contributed by atoms with E-state index in [9.17, 15) is 4.79 Å². The van der Waals surface area contributed by atoms with E-state index >= 15 is 0 Å². The minimum atomic E-state index is -0.131. The van der Waals surface area contributed by atoms with Crippen LogP contribution in [0.25, 0.3) is 0 Å². The molecule has 0 saturated carbocycles. The van der Waals surface area contributed by atoms with Crippen LogP contribution in [0.4, 0.5) is 11.4 Å². The summed E-state index contributed by atoms with van der Waals surface area (Å²) in [6.45, 7) is 2.02. The third kappa shape index (κ3) is 3.52. The van der Waals surface area contributed by atoms with Gasteiger partial charge in [-0.25, -0.2) is 4.98 Å². The smallest absolute Gasteiger partial charge is 0.251 e. The molecular weight excluding hydrogens is 284 g/mol. The number of aromatic nitrogens is 1. The lowest BCUT2D eigenvalue weighted by molar-refractivity contribution is 0.0935. The van der Waals surface area contributed by atoms with E-state index in [1.807, 2.05) is 37.4 Å². The molecule has 1 aromatic heterocycles. The van der Waals surface area contributed by atoms with E-state index in [2.05, 4.69) is 10.3 Å². The number of hydrogen-bond donors (Lipinski definition) is 2. The summed E-state index contributed by atoms with van der Waals surface area (Å²) in [4.78, 5) is 18.5. The quantitative estimate of drug-likeness (QED) is 0.833. The van der Waals surface area contributed by atoms with Crippen molar-refractivity contribution in [1.82, 2.24) is 10.3 Å². The summed E-state index contributed by atoms with van der Waals surface area (Å²) in [7, 11) is 3.84.